The third-order valence-electron chi connectivity index (χ3n) is 2.05. The third kappa shape index (κ3) is 5.68. The first kappa shape index (κ1) is 16.1. The molecule has 19 heavy (non-hydrogen) atoms. The molecule has 9 heteroatoms. The fourth-order valence-corrected chi connectivity index (χ4v) is 1.76. The molecule has 0 aliphatic heterocycles. The van der Waals surface area contributed by atoms with Gasteiger partial charge in [0.1, 0.15) is 5.75 Å². The Hall–Kier alpha value is -0.960. The van der Waals surface area contributed by atoms with Crippen molar-refractivity contribution in [3.05, 3.63) is 28.2 Å². The molecule has 0 aromatic heterocycles. The number of hydrogen-bond acceptors (Lipinski definition) is 2. The Morgan fingerprint density at radius 2 is 1.74 bits per heavy atom. The van der Waals surface area contributed by atoms with Crippen molar-refractivity contribution in [3.8, 4) is 5.75 Å². The van der Waals surface area contributed by atoms with Crippen LogP contribution in [0.5, 0.6) is 5.75 Å². The van der Waals surface area contributed by atoms with E-state index in [1.54, 1.807) is 0 Å². The normalized spacial score (nSPS) is 14.3. The monoisotopic (exact) mass is 351 g/mol. The Morgan fingerprint density at radius 3 is 2.21 bits per heavy atom. The molecule has 0 fully saturated rings. The van der Waals surface area contributed by atoms with Crippen molar-refractivity contribution in [3.63, 3.8) is 0 Å². The molecular formula is C10H8BrF6NO. The number of ether oxygens (including phenoxy) is 1. The summed E-state index contributed by atoms with van der Waals surface area (Å²) in [5, 5.41) is 0. The van der Waals surface area contributed by atoms with Crippen LogP contribution in [0.15, 0.2) is 22.7 Å². The van der Waals surface area contributed by atoms with Gasteiger partial charge in [0.25, 0.3) is 0 Å². The van der Waals surface area contributed by atoms with Gasteiger partial charge in [-0.15, -0.1) is 13.2 Å². The number of alkyl halides is 6. The summed E-state index contributed by atoms with van der Waals surface area (Å²) in [7, 11) is 0. The van der Waals surface area contributed by atoms with Gasteiger partial charge in [-0.2, -0.15) is 13.2 Å². The lowest BCUT2D eigenvalue weighted by Crippen LogP contribution is -2.23. The van der Waals surface area contributed by atoms with Crippen LogP contribution < -0.4 is 10.5 Å². The first-order chi connectivity index (χ1) is 8.48. The highest BCUT2D eigenvalue weighted by molar-refractivity contribution is 9.10. The summed E-state index contributed by atoms with van der Waals surface area (Å²) in [6, 6.07) is 1.54. The lowest BCUT2D eigenvalue weighted by Gasteiger charge is -2.19. The molecule has 0 saturated heterocycles. The maximum absolute atomic E-state index is 12.2. The number of hydrogen-bond donors (Lipinski definition) is 1. The van der Waals surface area contributed by atoms with E-state index >= 15 is 0 Å². The minimum Gasteiger partial charge on any atom is -0.405 e. The van der Waals surface area contributed by atoms with Crippen molar-refractivity contribution in [1.29, 1.82) is 0 Å². The standard InChI is InChI=1S/C10H8BrF6NO/c11-5-1-2-8(19-10(15,16)17)6(3-5)7(18)4-9(12,13)14/h1-3,7H,4,18H2/t7-/m1/s1. The molecular weight excluding hydrogens is 344 g/mol. The first-order valence-electron chi connectivity index (χ1n) is 4.85. The zero-order valence-corrected chi connectivity index (χ0v) is 10.7. The van der Waals surface area contributed by atoms with Gasteiger partial charge in [0.2, 0.25) is 0 Å². The number of rotatable bonds is 3. The second-order valence-corrected chi connectivity index (χ2v) is 4.57. The summed E-state index contributed by atoms with van der Waals surface area (Å²) in [5.41, 5.74) is 4.91. The maximum atomic E-state index is 12.2. The lowest BCUT2D eigenvalue weighted by atomic mass is 10.0. The van der Waals surface area contributed by atoms with E-state index < -0.39 is 30.8 Å². The summed E-state index contributed by atoms with van der Waals surface area (Å²) >= 11 is 2.95. The van der Waals surface area contributed by atoms with Gasteiger partial charge in [0, 0.05) is 16.1 Å². The number of benzene rings is 1. The predicted molar refractivity (Wildman–Crippen MR) is 58.4 cm³/mol. The van der Waals surface area contributed by atoms with Crippen LogP contribution in [-0.4, -0.2) is 12.5 Å². The molecule has 1 aromatic carbocycles. The van der Waals surface area contributed by atoms with Gasteiger partial charge in [-0.05, 0) is 18.2 Å². The van der Waals surface area contributed by atoms with E-state index in [1.165, 1.54) is 6.07 Å². The summed E-state index contributed by atoms with van der Waals surface area (Å²) < 4.78 is 77.0. The highest BCUT2D eigenvalue weighted by Crippen LogP contribution is 2.36. The van der Waals surface area contributed by atoms with Gasteiger partial charge < -0.3 is 10.5 Å². The average Bonchev–Trinajstić information content (AvgIpc) is 2.16. The molecule has 0 aliphatic carbocycles. The molecule has 0 unspecified atom stereocenters. The molecule has 0 heterocycles. The minimum atomic E-state index is -5.00. The Labute approximate surface area is 112 Å². The van der Waals surface area contributed by atoms with Gasteiger partial charge in [0.05, 0.1) is 6.42 Å². The quantitative estimate of drug-likeness (QED) is 0.824. The minimum absolute atomic E-state index is 0.301. The highest BCUT2D eigenvalue weighted by Gasteiger charge is 2.35. The fraction of sp³-hybridized carbons (Fsp3) is 0.400. The van der Waals surface area contributed by atoms with Crippen molar-refractivity contribution < 1.29 is 31.1 Å². The Kier molecular flexibility index (Phi) is 4.72. The number of nitrogens with two attached hydrogens (primary N) is 1. The SMILES string of the molecule is N[C@H](CC(F)(F)F)c1cc(Br)ccc1OC(F)(F)F. The third-order valence-corrected chi connectivity index (χ3v) is 2.54. The van der Waals surface area contributed by atoms with Crippen LogP contribution in [0.1, 0.15) is 18.0 Å². The summed E-state index contributed by atoms with van der Waals surface area (Å²) in [5.74, 6) is -0.743. The molecule has 0 radical (unpaired) electrons. The lowest BCUT2D eigenvalue weighted by molar-refractivity contribution is -0.275. The van der Waals surface area contributed by atoms with Crippen molar-refractivity contribution in [2.24, 2.45) is 5.73 Å². The zero-order chi connectivity index (χ0) is 14.8. The largest absolute Gasteiger partial charge is 0.573 e. The van der Waals surface area contributed by atoms with E-state index in [1.807, 2.05) is 0 Å². The van der Waals surface area contributed by atoms with Crippen LogP contribution in [-0.2, 0) is 0 Å². The van der Waals surface area contributed by atoms with Gasteiger partial charge in [-0.1, -0.05) is 15.9 Å². The molecule has 2 N–H and O–H groups in total. The maximum Gasteiger partial charge on any atom is 0.573 e. The molecule has 0 bridgehead atoms. The molecule has 0 aliphatic rings. The van der Waals surface area contributed by atoms with Crippen LogP contribution >= 0.6 is 15.9 Å². The molecule has 0 spiro atoms. The molecule has 1 rings (SSSR count). The zero-order valence-electron chi connectivity index (χ0n) is 9.15. The first-order valence-corrected chi connectivity index (χ1v) is 5.65. The van der Waals surface area contributed by atoms with Crippen LogP contribution in [0.2, 0.25) is 0 Å². The van der Waals surface area contributed by atoms with Crippen LogP contribution in [0.4, 0.5) is 26.3 Å². The van der Waals surface area contributed by atoms with E-state index in [4.69, 9.17) is 5.73 Å². The van der Waals surface area contributed by atoms with Gasteiger partial charge in [-0.3, -0.25) is 0 Å². The van der Waals surface area contributed by atoms with Crippen LogP contribution in [0, 0.1) is 0 Å². The van der Waals surface area contributed by atoms with Crippen molar-refractivity contribution in [2.75, 3.05) is 0 Å². The van der Waals surface area contributed by atoms with E-state index in [0.717, 1.165) is 12.1 Å². The van der Waals surface area contributed by atoms with Crippen molar-refractivity contribution >= 4 is 15.9 Å². The Balaban J connectivity index is 3.06. The summed E-state index contributed by atoms with van der Waals surface area (Å²) in [4.78, 5) is 0. The number of halogens is 7. The molecule has 2 nitrogen and oxygen atoms in total. The van der Waals surface area contributed by atoms with E-state index in [9.17, 15) is 26.3 Å². The van der Waals surface area contributed by atoms with Gasteiger partial charge in [-0.25, -0.2) is 0 Å². The molecule has 1 aromatic rings. The van der Waals surface area contributed by atoms with E-state index in [0.29, 0.717) is 4.47 Å². The fourth-order valence-electron chi connectivity index (χ4n) is 1.39. The molecule has 108 valence electrons. The van der Waals surface area contributed by atoms with Crippen molar-refractivity contribution in [2.45, 2.75) is 25.0 Å². The van der Waals surface area contributed by atoms with E-state index in [2.05, 4.69) is 20.7 Å². The topological polar surface area (TPSA) is 35.2 Å². The van der Waals surface area contributed by atoms with Crippen molar-refractivity contribution in [1.82, 2.24) is 0 Å². The summed E-state index contributed by atoms with van der Waals surface area (Å²) in [6.45, 7) is 0. The van der Waals surface area contributed by atoms with Crippen LogP contribution in [0.3, 0.4) is 0 Å². The highest BCUT2D eigenvalue weighted by atomic mass is 79.9. The summed E-state index contributed by atoms with van der Waals surface area (Å²) in [6.07, 6.45) is -11.0. The molecule has 1 atom stereocenters. The predicted octanol–water partition coefficient (Wildman–Crippen LogP) is 4.30. The van der Waals surface area contributed by atoms with E-state index in [-0.39, 0.29) is 5.56 Å². The van der Waals surface area contributed by atoms with Gasteiger partial charge >= 0.3 is 12.5 Å². The Bertz CT molecular complexity index is 445. The average molecular weight is 352 g/mol. The molecule has 0 saturated carbocycles. The second-order valence-electron chi connectivity index (χ2n) is 3.66. The van der Waals surface area contributed by atoms with Gasteiger partial charge in [0.15, 0.2) is 0 Å². The smallest absolute Gasteiger partial charge is 0.405 e. The Morgan fingerprint density at radius 1 is 1.16 bits per heavy atom. The molecule has 0 amide bonds. The van der Waals surface area contributed by atoms with Crippen LogP contribution in [0.25, 0.3) is 0 Å². The second kappa shape index (κ2) is 5.58.